The van der Waals surface area contributed by atoms with Gasteiger partial charge in [-0.1, -0.05) is 13.8 Å². The minimum absolute atomic E-state index is 0.634. The Hall–Kier alpha value is -1.62. The number of aromatic nitrogens is 3. The lowest BCUT2D eigenvalue weighted by molar-refractivity contribution is 0.227. The molecular weight excluding hydrogens is 264 g/mol. The van der Waals surface area contributed by atoms with E-state index in [0.717, 1.165) is 30.6 Å². The van der Waals surface area contributed by atoms with E-state index in [2.05, 4.69) is 34.3 Å². The summed E-state index contributed by atoms with van der Waals surface area (Å²) in [4.78, 5) is 4.46. The van der Waals surface area contributed by atoms with E-state index in [1.54, 1.807) is 6.26 Å². The van der Waals surface area contributed by atoms with Crippen LogP contribution in [-0.4, -0.2) is 27.8 Å². The molecule has 21 heavy (non-hydrogen) atoms. The van der Waals surface area contributed by atoms with E-state index in [0.29, 0.717) is 17.6 Å². The molecule has 1 aliphatic rings. The van der Waals surface area contributed by atoms with Crippen molar-refractivity contribution in [1.29, 1.82) is 0 Å². The minimum atomic E-state index is 0.634. The van der Waals surface area contributed by atoms with Gasteiger partial charge in [0, 0.05) is 19.0 Å². The number of hydrogen-bond donors (Lipinski definition) is 2. The van der Waals surface area contributed by atoms with E-state index in [1.165, 1.54) is 19.3 Å². The average Bonchev–Trinajstić information content (AvgIpc) is 3.13. The molecule has 0 amide bonds. The Balaban J connectivity index is 1.46. The molecule has 2 heterocycles. The third kappa shape index (κ3) is 3.53. The van der Waals surface area contributed by atoms with Crippen molar-refractivity contribution in [3.63, 3.8) is 0 Å². The first-order valence-electron chi connectivity index (χ1n) is 7.91. The molecule has 2 N–H and O–H groups in total. The second kappa shape index (κ2) is 6.43. The molecule has 0 saturated heterocycles. The van der Waals surface area contributed by atoms with Gasteiger partial charge in [-0.15, -0.1) is 0 Å². The zero-order chi connectivity index (χ0) is 14.7. The summed E-state index contributed by atoms with van der Waals surface area (Å²) in [5.41, 5.74) is 0. The van der Waals surface area contributed by atoms with Crippen molar-refractivity contribution in [2.45, 2.75) is 45.6 Å². The molecule has 0 bridgehead atoms. The van der Waals surface area contributed by atoms with Gasteiger partial charge in [0.25, 0.3) is 0 Å². The van der Waals surface area contributed by atoms with Crippen LogP contribution in [0.4, 0.5) is 0 Å². The maximum Gasteiger partial charge on any atom is 0.216 e. The molecule has 1 fully saturated rings. The van der Waals surface area contributed by atoms with Crippen molar-refractivity contribution in [2.75, 3.05) is 6.54 Å². The summed E-state index contributed by atoms with van der Waals surface area (Å²) in [5.74, 6) is 3.95. The molecule has 2 aromatic rings. The lowest BCUT2D eigenvalue weighted by atomic mass is 9.79. The Bertz CT molecular complexity index is 548. The number of nitrogens with zero attached hydrogens (tertiary/aromatic N) is 2. The van der Waals surface area contributed by atoms with Crippen LogP contribution in [0, 0.1) is 11.8 Å². The fourth-order valence-electron chi connectivity index (χ4n) is 3.05. The highest BCUT2D eigenvalue weighted by Crippen LogP contribution is 2.29. The quantitative estimate of drug-likeness (QED) is 0.887. The van der Waals surface area contributed by atoms with Gasteiger partial charge in [0.05, 0.1) is 6.26 Å². The average molecular weight is 288 g/mol. The van der Waals surface area contributed by atoms with Gasteiger partial charge < -0.3 is 9.73 Å². The molecule has 1 aliphatic carbocycles. The normalized spacial score (nSPS) is 26.1. The third-order valence-corrected chi connectivity index (χ3v) is 4.67. The molecule has 0 aromatic carbocycles. The number of rotatable bonds is 5. The smallest absolute Gasteiger partial charge is 0.216 e. The van der Waals surface area contributed by atoms with Gasteiger partial charge in [0.2, 0.25) is 5.82 Å². The molecule has 3 atom stereocenters. The van der Waals surface area contributed by atoms with E-state index >= 15 is 0 Å². The molecule has 1 saturated carbocycles. The Morgan fingerprint density at radius 2 is 2.24 bits per heavy atom. The van der Waals surface area contributed by atoms with Crippen molar-refractivity contribution < 1.29 is 4.42 Å². The lowest BCUT2D eigenvalue weighted by Crippen LogP contribution is -2.37. The van der Waals surface area contributed by atoms with E-state index in [9.17, 15) is 0 Å². The number of aromatic amines is 1. The van der Waals surface area contributed by atoms with E-state index in [-0.39, 0.29) is 0 Å². The Kier molecular flexibility index (Phi) is 4.39. The number of hydrogen-bond acceptors (Lipinski definition) is 4. The van der Waals surface area contributed by atoms with Crippen LogP contribution in [0.3, 0.4) is 0 Å². The summed E-state index contributed by atoms with van der Waals surface area (Å²) in [5, 5.41) is 10.8. The molecule has 2 aromatic heterocycles. The third-order valence-electron chi connectivity index (χ3n) is 4.67. The largest absolute Gasteiger partial charge is 0.461 e. The van der Waals surface area contributed by atoms with Gasteiger partial charge in [-0.25, -0.2) is 4.98 Å². The fraction of sp³-hybridized carbons (Fsp3) is 0.625. The van der Waals surface area contributed by atoms with Crippen LogP contribution in [-0.2, 0) is 6.42 Å². The van der Waals surface area contributed by atoms with E-state index in [4.69, 9.17) is 4.42 Å². The summed E-state index contributed by atoms with van der Waals surface area (Å²) >= 11 is 0. The van der Waals surface area contributed by atoms with Gasteiger partial charge in [0.1, 0.15) is 5.82 Å². The number of nitrogens with one attached hydrogen (secondary N) is 2. The van der Waals surface area contributed by atoms with Crippen molar-refractivity contribution in [1.82, 2.24) is 20.5 Å². The van der Waals surface area contributed by atoms with Gasteiger partial charge >= 0.3 is 0 Å². The predicted molar refractivity (Wildman–Crippen MR) is 81.8 cm³/mol. The van der Waals surface area contributed by atoms with Crippen LogP contribution in [0.5, 0.6) is 0 Å². The second-order valence-corrected chi connectivity index (χ2v) is 6.25. The highest BCUT2D eigenvalue weighted by molar-refractivity contribution is 5.45. The number of H-pyrrole nitrogens is 1. The number of furan rings is 1. The van der Waals surface area contributed by atoms with Crippen LogP contribution in [0.2, 0.25) is 0 Å². The van der Waals surface area contributed by atoms with E-state index in [1.807, 2.05) is 12.1 Å². The van der Waals surface area contributed by atoms with Crippen LogP contribution in [0.15, 0.2) is 22.8 Å². The maximum absolute atomic E-state index is 5.29. The van der Waals surface area contributed by atoms with Gasteiger partial charge in [-0.05, 0) is 43.2 Å². The molecular formula is C16H24N4O. The summed E-state index contributed by atoms with van der Waals surface area (Å²) in [6, 6.07) is 4.37. The zero-order valence-corrected chi connectivity index (χ0v) is 12.8. The summed E-state index contributed by atoms with van der Waals surface area (Å²) in [7, 11) is 0. The topological polar surface area (TPSA) is 66.7 Å². The van der Waals surface area contributed by atoms with Gasteiger partial charge in [-0.2, -0.15) is 5.10 Å². The van der Waals surface area contributed by atoms with Crippen LogP contribution in [0.25, 0.3) is 11.6 Å². The second-order valence-electron chi connectivity index (χ2n) is 6.25. The molecule has 0 aliphatic heterocycles. The van der Waals surface area contributed by atoms with Crippen molar-refractivity contribution >= 4 is 0 Å². The van der Waals surface area contributed by atoms with Crippen LogP contribution in [0.1, 0.15) is 38.9 Å². The molecule has 5 nitrogen and oxygen atoms in total. The van der Waals surface area contributed by atoms with Gasteiger partial charge in [-0.3, -0.25) is 5.10 Å². The molecule has 3 rings (SSSR count). The van der Waals surface area contributed by atoms with Crippen molar-refractivity contribution in [2.24, 2.45) is 11.8 Å². The fourth-order valence-corrected chi connectivity index (χ4v) is 3.05. The summed E-state index contributed by atoms with van der Waals surface area (Å²) < 4.78 is 5.29. The van der Waals surface area contributed by atoms with E-state index < -0.39 is 0 Å². The summed E-state index contributed by atoms with van der Waals surface area (Å²) in [6.45, 7) is 5.68. The predicted octanol–water partition coefficient (Wildman–Crippen LogP) is 3.02. The minimum Gasteiger partial charge on any atom is -0.461 e. The first kappa shape index (κ1) is 14.3. The SMILES string of the molecule is C[C@@H]1CC[C@@H](NCCc2nc(-c3ccco3)n[nH]2)C[C@@H]1C. The standard InChI is InChI=1S/C16H24N4O/c1-11-5-6-13(10-12(11)2)17-8-7-15-18-16(20-19-15)14-4-3-9-21-14/h3-4,9,11-13,17H,5-8,10H2,1-2H3,(H,18,19,20)/t11-,12+,13-/m1/s1. The Morgan fingerprint density at radius 3 is 3.00 bits per heavy atom. The lowest BCUT2D eigenvalue weighted by Gasteiger charge is -2.32. The Labute approximate surface area is 125 Å². The monoisotopic (exact) mass is 288 g/mol. The Morgan fingerprint density at radius 1 is 1.33 bits per heavy atom. The molecule has 0 spiro atoms. The van der Waals surface area contributed by atoms with Gasteiger partial charge in [0.15, 0.2) is 5.76 Å². The van der Waals surface area contributed by atoms with Crippen LogP contribution < -0.4 is 5.32 Å². The zero-order valence-electron chi connectivity index (χ0n) is 12.8. The maximum atomic E-state index is 5.29. The van der Waals surface area contributed by atoms with Crippen molar-refractivity contribution in [3.05, 3.63) is 24.2 Å². The highest BCUT2D eigenvalue weighted by Gasteiger charge is 2.23. The van der Waals surface area contributed by atoms with Crippen molar-refractivity contribution in [3.8, 4) is 11.6 Å². The molecule has 114 valence electrons. The molecule has 5 heteroatoms. The first-order valence-corrected chi connectivity index (χ1v) is 7.91. The van der Waals surface area contributed by atoms with Crippen LogP contribution >= 0.6 is 0 Å². The summed E-state index contributed by atoms with van der Waals surface area (Å²) in [6.07, 6.45) is 6.42. The molecule has 0 radical (unpaired) electrons. The highest BCUT2D eigenvalue weighted by atomic mass is 16.3. The first-order chi connectivity index (χ1) is 10.2. The molecule has 0 unspecified atom stereocenters.